The van der Waals surface area contributed by atoms with E-state index >= 15 is 0 Å². The number of hydrogen-bond acceptors (Lipinski definition) is 5. The van der Waals surface area contributed by atoms with Crippen molar-refractivity contribution >= 4 is 17.7 Å². The summed E-state index contributed by atoms with van der Waals surface area (Å²) >= 11 is 0. The second kappa shape index (κ2) is 7.87. The molecule has 0 radical (unpaired) electrons. The van der Waals surface area contributed by atoms with E-state index in [1.165, 1.54) is 6.08 Å². The summed E-state index contributed by atoms with van der Waals surface area (Å²) in [6, 6.07) is 10.8. The van der Waals surface area contributed by atoms with Crippen molar-refractivity contribution in [2.75, 3.05) is 0 Å². The Bertz CT molecular complexity index is 1160. The molecule has 170 valence electrons. The van der Waals surface area contributed by atoms with E-state index in [-0.39, 0.29) is 23.2 Å². The van der Waals surface area contributed by atoms with Crippen molar-refractivity contribution in [3.8, 4) is 0 Å². The number of hydrogen-bond donors (Lipinski definition) is 1. The van der Waals surface area contributed by atoms with Gasteiger partial charge in [0.2, 0.25) is 0 Å². The minimum atomic E-state index is -1.03. The summed E-state index contributed by atoms with van der Waals surface area (Å²) in [5.74, 6) is -1.14. The van der Waals surface area contributed by atoms with E-state index in [4.69, 9.17) is 9.15 Å². The van der Waals surface area contributed by atoms with Crippen molar-refractivity contribution in [1.82, 2.24) is 0 Å². The van der Waals surface area contributed by atoms with Crippen molar-refractivity contribution in [3.63, 3.8) is 0 Å². The van der Waals surface area contributed by atoms with Gasteiger partial charge in [-0.25, -0.2) is 9.59 Å². The molecule has 2 aromatic rings. The highest BCUT2D eigenvalue weighted by Crippen LogP contribution is 2.68. The van der Waals surface area contributed by atoms with Crippen LogP contribution in [-0.2, 0) is 20.7 Å². The fraction of sp³-hybridized carbons (Fsp3) is 0.370. The molecule has 33 heavy (non-hydrogen) atoms. The van der Waals surface area contributed by atoms with Gasteiger partial charge in [0, 0.05) is 28.7 Å². The number of rotatable bonds is 6. The first-order valence-corrected chi connectivity index (χ1v) is 11.3. The zero-order valence-corrected chi connectivity index (χ0v) is 18.5. The van der Waals surface area contributed by atoms with Gasteiger partial charge in [0.25, 0.3) is 0 Å². The lowest BCUT2D eigenvalue weighted by molar-refractivity contribution is -0.140. The lowest BCUT2D eigenvalue weighted by Crippen LogP contribution is -2.58. The van der Waals surface area contributed by atoms with Gasteiger partial charge in [0.05, 0.1) is 18.1 Å². The van der Waals surface area contributed by atoms with E-state index in [1.54, 1.807) is 36.8 Å². The molecule has 1 heterocycles. The fourth-order valence-electron chi connectivity index (χ4n) is 6.29. The highest BCUT2D eigenvalue weighted by atomic mass is 16.5. The van der Waals surface area contributed by atoms with E-state index in [0.717, 1.165) is 18.4 Å². The van der Waals surface area contributed by atoms with Crippen LogP contribution in [0.4, 0.5) is 0 Å². The Morgan fingerprint density at radius 1 is 1.21 bits per heavy atom. The Morgan fingerprint density at radius 2 is 2.00 bits per heavy atom. The molecule has 3 aliphatic carbocycles. The van der Waals surface area contributed by atoms with Crippen LogP contribution in [0, 0.1) is 22.7 Å². The van der Waals surface area contributed by atoms with Crippen molar-refractivity contribution in [1.29, 1.82) is 0 Å². The quantitative estimate of drug-likeness (QED) is 0.630. The third-order valence-corrected chi connectivity index (χ3v) is 7.98. The van der Waals surface area contributed by atoms with E-state index < -0.39 is 22.8 Å². The SMILES string of the molecule is CC12CCC3C(OC(=O)c4ccccc4)=CC3(CCc3ccoc3)C1CC(=O)C=C2C(=O)O. The minimum Gasteiger partial charge on any atom is -0.478 e. The van der Waals surface area contributed by atoms with Crippen LogP contribution in [0.15, 0.2) is 76.8 Å². The van der Waals surface area contributed by atoms with Crippen LogP contribution in [0.25, 0.3) is 0 Å². The summed E-state index contributed by atoms with van der Waals surface area (Å²) < 4.78 is 11.0. The number of benzene rings is 1. The molecule has 0 aliphatic heterocycles. The molecule has 0 saturated heterocycles. The zero-order chi connectivity index (χ0) is 23.2. The molecule has 0 spiro atoms. The number of allylic oxidation sites excluding steroid dienone is 3. The number of aryl methyl sites for hydroxylation is 1. The van der Waals surface area contributed by atoms with Gasteiger partial charge in [-0.3, -0.25) is 4.79 Å². The first kappa shape index (κ1) is 21.4. The first-order valence-electron chi connectivity index (χ1n) is 11.3. The molecular formula is C27H26O6. The van der Waals surface area contributed by atoms with Crippen molar-refractivity contribution in [3.05, 3.63) is 83.5 Å². The molecule has 6 nitrogen and oxygen atoms in total. The average molecular weight is 446 g/mol. The molecule has 0 bridgehead atoms. The van der Waals surface area contributed by atoms with Gasteiger partial charge in [-0.05, 0) is 67.5 Å². The molecule has 1 fully saturated rings. The number of esters is 1. The van der Waals surface area contributed by atoms with E-state index in [9.17, 15) is 19.5 Å². The standard InChI is InChI=1S/C27H26O6/c1-26-10-8-20-22(33-25(31)18-5-3-2-4-6-18)15-27(20,11-7-17-9-12-32-16-17)23(26)14-19(28)13-21(26)24(29)30/h2-6,9,12-13,15-16,20,23H,7-8,10-11,14H2,1H3,(H,29,30). The topological polar surface area (TPSA) is 93.8 Å². The van der Waals surface area contributed by atoms with Gasteiger partial charge in [0.15, 0.2) is 5.78 Å². The van der Waals surface area contributed by atoms with E-state index in [1.807, 2.05) is 25.1 Å². The highest BCUT2D eigenvalue weighted by molar-refractivity contribution is 6.01. The predicted octanol–water partition coefficient (Wildman–Crippen LogP) is 4.97. The maximum atomic E-state index is 12.7. The third-order valence-electron chi connectivity index (χ3n) is 7.98. The molecule has 1 N–H and O–H groups in total. The monoisotopic (exact) mass is 446 g/mol. The van der Waals surface area contributed by atoms with Crippen LogP contribution < -0.4 is 0 Å². The maximum absolute atomic E-state index is 12.7. The lowest BCUT2D eigenvalue weighted by Gasteiger charge is -2.61. The normalized spacial score (nSPS) is 30.3. The van der Waals surface area contributed by atoms with Gasteiger partial charge in [-0.15, -0.1) is 0 Å². The number of carbonyl (C=O) groups excluding carboxylic acids is 2. The van der Waals surface area contributed by atoms with Crippen molar-refractivity contribution in [2.24, 2.45) is 22.7 Å². The fourth-order valence-corrected chi connectivity index (χ4v) is 6.29. The molecule has 5 rings (SSSR count). The van der Waals surface area contributed by atoms with Crippen LogP contribution in [0.2, 0.25) is 0 Å². The van der Waals surface area contributed by atoms with Gasteiger partial charge in [-0.1, -0.05) is 25.1 Å². The number of ether oxygens (including phenoxy) is 1. The number of carboxylic acids is 1. The molecule has 1 aromatic carbocycles. The Morgan fingerprint density at radius 3 is 2.70 bits per heavy atom. The predicted molar refractivity (Wildman–Crippen MR) is 119 cm³/mol. The number of carboxylic acid groups (broad SMARTS) is 1. The van der Waals surface area contributed by atoms with E-state index in [2.05, 4.69) is 0 Å². The number of furan rings is 1. The Labute approximate surface area is 191 Å². The van der Waals surface area contributed by atoms with Crippen molar-refractivity contribution in [2.45, 2.75) is 39.0 Å². The molecule has 1 aromatic heterocycles. The summed E-state index contributed by atoms with van der Waals surface area (Å²) in [5.41, 5.74) is 0.709. The second-order valence-electron chi connectivity index (χ2n) is 9.64. The molecule has 0 amide bonds. The average Bonchev–Trinajstić information content (AvgIpc) is 3.31. The first-order chi connectivity index (χ1) is 15.8. The van der Waals surface area contributed by atoms with Gasteiger partial charge in [0.1, 0.15) is 5.76 Å². The highest BCUT2D eigenvalue weighted by Gasteiger charge is 2.63. The number of fused-ring (bicyclic) bond motifs is 3. The third kappa shape index (κ3) is 3.45. The Balaban J connectivity index is 1.50. The smallest absolute Gasteiger partial charge is 0.343 e. The van der Waals surface area contributed by atoms with Crippen molar-refractivity contribution < 1.29 is 28.6 Å². The minimum absolute atomic E-state index is 0.0314. The van der Waals surface area contributed by atoms with Gasteiger partial charge in [-0.2, -0.15) is 0 Å². The van der Waals surface area contributed by atoms with Crippen LogP contribution in [-0.4, -0.2) is 22.8 Å². The molecule has 6 heteroatoms. The Hall–Kier alpha value is -3.41. The Kier molecular flexibility index (Phi) is 5.11. The summed E-state index contributed by atoms with van der Waals surface area (Å²) in [6.45, 7) is 1.97. The summed E-state index contributed by atoms with van der Waals surface area (Å²) in [7, 11) is 0. The molecule has 1 saturated carbocycles. The number of carbonyl (C=O) groups is 3. The summed E-state index contributed by atoms with van der Waals surface area (Å²) in [6.07, 6.45) is 9.74. The van der Waals surface area contributed by atoms with Crippen LogP contribution in [0.1, 0.15) is 48.5 Å². The largest absolute Gasteiger partial charge is 0.478 e. The van der Waals surface area contributed by atoms with E-state index in [0.29, 0.717) is 30.6 Å². The summed E-state index contributed by atoms with van der Waals surface area (Å²) in [5, 5.41) is 9.87. The number of ketones is 1. The molecule has 3 aliphatic rings. The van der Waals surface area contributed by atoms with Gasteiger partial charge >= 0.3 is 11.9 Å². The summed E-state index contributed by atoms with van der Waals surface area (Å²) in [4.78, 5) is 37.4. The zero-order valence-electron chi connectivity index (χ0n) is 18.5. The molecule has 4 atom stereocenters. The lowest BCUT2D eigenvalue weighted by atomic mass is 9.42. The van der Waals surface area contributed by atoms with Gasteiger partial charge < -0.3 is 14.3 Å². The maximum Gasteiger partial charge on any atom is 0.343 e. The van der Waals surface area contributed by atoms with Crippen LogP contribution in [0.5, 0.6) is 0 Å². The molecule has 4 unspecified atom stereocenters. The van der Waals surface area contributed by atoms with Crippen LogP contribution >= 0.6 is 0 Å². The number of aliphatic carboxylic acids is 1. The molecular weight excluding hydrogens is 420 g/mol. The van der Waals surface area contributed by atoms with Crippen LogP contribution in [0.3, 0.4) is 0 Å². The second-order valence-corrected chi connectivity index (χ2v) is 9.64.